The van der Waals surface area contributed by atoms with E-state index in [0.29, 0.717) is 18.6 Å². The maximum atomic E-state index is 6.03. The normalized spacial score (nSPS) is 21.3. The van der Waals surface area contributed by atoms with Gasteiger partial charge in [-0.25, -0.2) is 0 Å². The summed E-state index contributed by atoms with van der Waals surface area (Å²) < 4.78 is 11.3. The third kappa shape index (κ3) is 3.28. The average molecular weight is 261 g/mol. The first-order valence-electron chi connectivity index (χ1n) is 7.40. The van der Waals surface area contributed by atoms with Crippen LogP contribution in [0.3, 0.4) is 0 Å². The Balaban J connectivity index is 1.67. The molecule has 0 unspecified atom stereocenters. The minimum atomic E-state index is 0.480. The Morgan fingerprint density at radius 3 is 2.58 bits per heavy atom. The van der Waals surface area contributed by atoms with E-state index in [4.69, 9.17) is 15.2 Å². The fourth-order valence-corrected chi connectivity index (χ4v) is 2.85. The molecule has 0 bridgehead atoms. The third-order valence-corrected chi connectivity index (χ3v) is 4.27. The van der Waals surface area contributed by atoms with Crippen LogP contribution >= 0.6 is 0 Å². The van der Waals surface area contributed by atoms with E-state index in [1.807, 2.05) is 6.07 Å². The number of nitrogens with two attached hydrogens (primary N) is 1. The number of hydrogen-bond donors (Lipinski definition) is 1. The van der Waals surface area contributed by atoms with Gasteiger partial charge in [0.05, 0.1) is 12.7 Å². The molecular formula is C16H23NO2. The Labute approximate surface area is 115 Å². The molecule has 2 N–H and O–H groups in total. The van der Waals surface area contributed by atoms with E-state index < -0.39 is 0 Å². The number of rotatable bonds is 4. The molecule has 3 rings (SSSR count). The summed E-state index contributed by atoms with van der Waals surface area (Å²) in [7, 11) is 0. The molecule has 1 aliphatic carbocycles. The molecule has 0 spiro atoms. The highest BCUT2D eigenvalue weighted by atomic mass is 16.5. The topological polar surface area (TPSA) is 44.5 Å². The van der Waals surface area contributed by atoms with Crippen molar-refractivity contribution in [3.8, 4) is 0 Å². The van der Waals surface area contributed by atoms with Gasteiger partial charge in [0.1, 0.15) is 0 Å². The summed E-state index contributed by atoms with van der Waals surface area (Å²) in [6, 6.07) is 6.43. The Kier molecular flexibility index (Phi) is 4.04. The highest BCUT2D eigenvalue weighted by Gasteiger charge is 2.19. The van der Waals surface area contributed by atoms with Gasteiger partial charge in [0.15, 0.2) is 0 Å². The Hall–Kier alpha value is -1.06. The summed E-state index contributed by atoms with van der Waals surface area (Å²) in [5, 5.41) is 0. The highest BCUT2D eigenvalue weighted by Crippen LogP contribution is 2.30. The van der Waals surface area contributed by atoms with Gasteiger partial charge in [-0.2, -0.15) is 0 Å². The molecule has 104 valence electrons. The van der Waals surface area contributed by atoms with E-state index in [2.05, 4.69) is 12.1 Å². The smallest absolute Gasteiger partial charge is 0.0721 e. The molecule has 1 aromatic rings. The molecule has 0 atom stereocenters. The van der Waals surface area contributed by atoms with Crippen LogP contribution in [0.4, 0.5) is 5.69 Å². The molecule has 0 radical (unpaired) electrons. The quantitative estimate of drug-likeness (QED) is 0.846. The molecule has 19 heavy (non-hydrogen) atoms. The van der Waals surface area contributed by atoms with Gasteiger partial charge in [-0.15, -0.1) is 0 Å². The van der Waals surface area contributed by atoms with Crippen molar-refractivity contribution in [3.05, 3.63) is 29.3 Å². The van der Waals surface area contributed by atoms with Gasteiger partial charge in [-0.05, 0) is 61.3 Å². The van der Waals surface area contributed by atoms with Crippen LogP contribution in [0.15, 0.2) is 18.2 Å². The fraction of sp³-hybridized carbons (Fsp3) is 0.625. The lowest BCUT2D eigenvalue weighted by Crippen LogP contribution is -2.21. The Morgan fingerprint density at radius 2 is 1.89 bits per heavy atom. The lowest BCUT2D eigenvalue weighted by atomic mass is 9.90. The maximum absolute atomic E-state index is 6.03. The number of benzene rings is 1. The van der Waals surface area contributed by atoms with Crippen LogP contribution in [-0.4, -0.2) is 19.3 Å². The van der Waals surface area contributed by atoms with E-state index in [0.717, 1.165) is 31.7 Å². The van der Waals surface area contributed by atoms with Crippen LogP contribution in [0.25, 0.3) is 0 Å². The van der Waals surface area contributed by atoms with E-state index in [9.17, 15) is 0 Å². The SMILES string of the molecule is Nc1cc(COC2CCC2)cc(C2CCOCC2)c1. The van der Waals surface area contributed by atoms with E-state index in [-0.39, 0.29) is 0 Å². The van der Waals surface area contributed by atoms with Crippen molar-refractivity contribution < 1.29 is 9.47 Å². The molecule has 1 aliphatic heterocycles. The zero-order valence-corrected chi connectivity index (χ0v) is 11.4. The highest BCUT2D eigenvalue weighted by molar-refractivity contribution is 5.45. The predicted octanol–water partition coefficient (Wildman–Crippen LogP) is 3.23. The molecule has 3 heteroatoms. The van der Waals surface area contributed by atoms with Crippen LogP contribution in [0.1, 0.15) is 49.1 Å². The third-order valence-electron chi connectivity index (χ3n) is 4.27. The first kappa shape index (κ1) is 12.9. The summed E-state index contributed by atoms with van der Waals surface area (Å²) in [4.78, 5) is 0. The molecular weight excluding hydrogens is 238 g/mol. The predicted molar refractivity (Wildman–Crippen MR) is 76.1 cm³/mol. The lowest BCUT2D eigenvalue weighted by Gasteiger charge is -2.26. The summed E-state index contributed by atoms with van der Waals surface area (Å²) >= 11 is 0. The van der Waals surface area contributed by atoms with E-state index >= 15 is 0 Å². The second-order valence-electron chi connectivity index (χ2n) is 5.76. The van der Waals surface area contributed by atoms with Crippen LogP contribution in [0.5, 0.6) is 0 Å². The van der Waals surface area contributed by atoms with Crippen LogP contribution in [-0.2, 0) is 16.1 Å². The summed E-state index contributed by atoms with van der Waals surface area (Å²) in [6.45, 7) is 2.44. The molecule has 1 aromatic carbocycles. The number of ether oxygens (including phenoxy) is 2. The van der Waals surface area contributed by atoms with Crippen LogP contribution in [0.2, 0.25) is 0 Å². The van der Waals surface area contributed by atoms with Gasteiger partial charge < -0.3 is 15.2 Å². The van der Waals surface area contributed by atoms with Crippen molar-refractivity contribution in [2.45, 2.75) is 50.7 Å². The molecule has 0 aromatic heterocycles. The number of hydrogen-bond acceptors (Lipinski definition) is 3. The van der Waals surface area contributed by atoms with Crippen LogP contribution < -0.4 is 5.73 Å². The van der Waals surface area contributed by atoms with Gasteiger partial charge in [-0.1, -0.05) is 6.07 Å². The molecule has 3 nitrogen and oxygen atoms in total. The zero-order valence-electron chi connectivity index (χ0n) is 11.4. The number of anilines is 1. The van der Waals surface area contributed by atoms with Crippen molar-refractivity contribution >= 4 is 5.69 Å². The van der Waals surface area contributed by atoms with E-state index in [1.54, 1.807) is 0 Å². The minimum absolute atomic E-state index is 0.480. The molecule has 1 heterocycles. The molecule has 0 amide bonds. The average Bonchev–Trinajstić information content (AvgIpc) is 2.37. The van der Waals surface area contributed by atoms with Crippen molar-refractivity contribution in [2.75, 3.05) is 18.9 Å². The Morgan fingerprint density at radius 1 is 1.11 bits per heavy atom. The molecule has 1 saturated heterocycles. The summed E-state index contributed by atoms with van der Waals surface area (Å²) in [5.41, 5.74) is 9.46. The van der Waals surface area contributed by atoms with Crippen molar-refractivity contribution in [1.29, 1.82) is 0 Å². The Bertz CT molecular complexity index is 423. The number of nitrogen functional groups attached to an aromatic ring is 1. The largest absolute Gasteiger partial charge is 0.399 e. The van der Waals surface area contributed by atoms with Crippen molar-refractivity contribution in [3.63, 3.8) is 0 Å². The van der Waals surface area contributed by atoms with Gasteiger partial charge in [0.2, 0.25) is 0 Å². The zero-order chi connectivity index (χ0) is 13.1. The van der Waals surface area contributed by atoms with Gasteiger partial charge in [-0.3, -0.25) is 0 Å². The second-order valence-corrected chi connectivity index (χ2v) is 5.76. The first-order valence-corrected chi connectivity index (χ1v) is 7.40. The fourth-order valence-electron chi connectivity index (χ4n) is 2.85. The van der Waals surface area contributed by atoms with Crippen molar-refractivity contribution in [1.82, 2.24) is 0 Å². The molecule has 2 fully saturated rings. The minimum Gasteiger partial charge on any atom is -0.399 e. The lowest BCUT2D eigenvalue weighted by molar-refractivity contribution is -0.00869. The first-order chi connectivity index (χ1) is 9.31. The van der Waals surface area contributed by atoms with Crippen molar-refractivity contribution in [2.24, 2.45) is 0 Å². The van der Waals surface area contributed by atoms with Gasteiger partial charge >= 0.3 is 0 Å². The van der Waals surface area contributed by atoms with Crippen LogP contribution in [0, 0.1) is 0 Å². The standard InChI is InChI=1S/C16H23NO2/c17-15-9-12(11-19-16-2-1-3-16)8-14(10-15)13-4-6-18-7-5-13/h8-10,13,16H,1-7,11,17H2. The maximum Gasteiger partial charge on any atom is 0.0721 e. The molecule has 2 aliphatic rings. The summed E-state index contributed by atoms with van der Waals surface area (Å²) in [5.74, 6) is 0.597. The van der Waals surface area contributed by atoms with Gasteiger partial charge in [0.25, 0.3) is 0 Å². The van der Waals surface area contributed by atoms with Gasteiger partial charge in [0, 0.05) is 18.9 Å². The second kappa shape index (κ2) is 5.93. The molecule has 1 saturated carbocycles. The van der Waals surface area contributed by atoms with E-state index in [1.165, 1.54) is 30.4 Å². The monoisotopic (exact) mass is 261 g/mol. The summed E-state index contributed by atoms with van der Waals surface area (Å²) in [6.07, 6.45) is 6.44.